The Labute approximate surface area is 116 Å². The van der Waals surface area contributed by atoms with Gasteiger partial charge in [-0.3, -0.25) is 14.9 Å². The Morgan fingerprint density at radius 2 is 2.22 bits per heavy atom. The molecule has 6 heteroatoms. The highest BCUT2D eigenvalue weighted by atomic mass is 32.2. The molecule has 1 N–H and O–H groups in total. The average Bonchev–Trinajstić information content (AvgIpc) is 2.49. The summed E-state index contributed by atoms with van der Waals surface area (Å²) in [5.74, 6) is 0.638. The van der Waals surface area contributed by atoms with E-state index in [1.165, 1.54) is 11.8 Å². The zero-order valence-electron chi connectivity index (χ0n) is 10.0. The summed E-state index contributed by atoms with van der Waals surface area (Å²) in [5.41, 5.74) is 0. The van der Waals surface area contributed by atoms with Crippen LogP contribution in [0.15, 0.2) is 0 Å². The van der Waals surface area contributed by atoms with Gasteiger partial charge in [0.25, 0.3) is 0 Å². The van der Waals surface area contributed by atoms with E-state index in [-0.39, 0.29) is 23.7 Å². The second-order valence-corrected chi connectivity index (χ2v) is 6.53. The summed E-state index contributed by atoms with van der Waals surface area (Å²) in [6.07, 6.45) is 3.66. The molecule has 3 atom stereocenters. The third-order valence-corrected chi connectivity index (χ3v) is 5.76. The summed E-state index contributed by atoms with van der Waals surface area (Å²) in [5, 5.41) is 11.5. The van der Waals surface area contributed by atoms with E-state index < -0.39 is 4.75 Å². The van der Waals surface area contributed by atoms with Gasteiger partial charge in [-0.2, -0.15) is 17.9 Å². The standard InChI is InChI=1S/C12H16N2O2S2/c13-7-8-6-9-10(15)14-11(16)12(8,9)18-5-3-1-2-4-17/h8-9,17H,1-6H2,(H,14,15,16)/t8-,9?,12-/m1/s1. The van der Waals surface area contributed by atoms with Crippen molar-refractivity contribution in [1.82, 2.24) is 5.32 Å². The number of imide groups is 1. The van der Waals surface area contributed by atoms with Gasteiger partial charge in [0.2, 0.25) is 11.8 Å². The van der Waals surface area contributed by atoms with Crippen molar-refractivity contribution in [3.63, 3.8) is 0 Å². The molecule has 0 spiro atoms. The van der Waals surface area contributed by atoms with E-state index in [2.05, 4.69) is 24.0 Å². The zero-order chi connectivity index (χ0) is 13.2. The summed E-state index contributed by atoms with van der Waals surface area (Å²) in [6.45, 7) is 0. The number of nitrogens with one attached hydrogen (secondary N) is 1. The number of thiol groups is 1. The number of hydrogen-bond donors (Lipinski definition) is 2. The molecule has 0 aromatic rings. The summed E-state index contributed by atoms with van der Waals surface area (Å²) >= 11 is 5.64. The molecule has 2 fully saturated rings. The number of nitriles is 1. The highest BCUT2D eigenvalue weighted by molar-refractivity contribution is 8.01. The van der Waals surface area contributed by atoms with Crippen molar-refractivity contribution >= 4 is 36.2 Å². The summed E-state index contributed by atoms with van der Waals surface area (Å²) in [7, 11) is 0. The monoisotopic (exact) mass is 284 g/mol. The van der Waals surface area contributed by atoms with E-state index in [1.54, 1.807) is 0 Å². The number of carbonyl (C=O) groups excluding carboxylic acids is 2. The van der Waals surface area contributed by atoms with Crippen molar-refractivity contribution in [1.29, 1.82) is 5.26 Å². The quantitative estimate of drug-likeness (QED) is 0.439. The van der Waals surface area contributed by atoms with Crippen LogP contribution in [0.5, 0.6) is 0 Å². The molecule has 0 aromatic heterocycles. The molecule has 1 saturated carbocycles. The Balaban J connectivity index is 1.96. The Morgan fingerprint density at radius 1 is 1.44 bits per heavy atom. The smallest absolute Gasteiger partial charge is 0.244 e. The number of unbranched alkanes of at least 4 members (excludes halogenated alkanes) is 2. The van der Waals surface area contributed by atoms with Gasteiger partial charge in [-0.1, -0.05) is 6.42 Å². The van der Waals surface area contributed by atoms with Crippen molar-refractivity contribution in [2.24, 2.45) is 11.8 Å². The van der Waals surface area contributed by atoms with Gasteiger partial charge < -0.3 is 0 Å². The van der Waals surface area contributed by atoms with Crippen LogP contribution >= 0.6 is 24.4 Å². The summed E-state index contributed by atoms with van der Waals surface area (Å²) < 4.78 is -0.785. The van der Waals surface area contributed by atoms with Crippen molar-refractivity contribution in [2.45, 2.75) is 30.4 Å². The molecule has 2 amide bonds. The minimum atomic E-state index is -0.785. The molecule has 2 rings (SSSR count). The Hall–Kier alpha value is -0.670. The van der Waals surface area contributed by atoms with E-state index in [4.69, 9.17) is 5.26 Å². The predicted molar refractivity (Wildman–Crippen MR) is 73.3 cm³/mol. The van der Waals surface area contributed by atoms with Crippen molar-refractivity contribution in [3.8, 4) is 6.07 Å². The second-order valence-electron chi connectivity index (χ2n) is 4.71. The van der Waals surface area contributed by atoms with E-state index in [1.807, 2.05) is 0 Å². The Bertz CT molecular complexity index is 407. The van der Waals surface area contributed by atoms with Crippen LogP contribution in [0.3, 0.4) is 0 Å². The molecule has 1 heterocycles. The fourth-order valence-electron chi connectivity index (χ4n) is 2.63. The molecule has 1 unspecified atom stereocenters. The second kappa shape index (κ2) is 5.54. The fraction of sp³-hybridized carbons (Fsp3) is 0.750. The zero-order valence-corrected chi connectivity index (χ0v) is 11.7. The first-order valence-corrected chi connectivity index (χ1v) is 7.78. The molecule has 1 aliphatic carbocycles. The van der Waals surface area contributed by atoms with E-state index in [0.717, 1.165) is 30.8 Å². The van der Waals surface area contributed by atoms with E-state index in [9.17, 15) is 9.59 Å². The highest BCUT2D eigenvalue weighted by Gasteiger charge is 2.68. The predicted octanol–water partition coefficient (Wildman–Crippen LogP) is 1.37. The fourth-order valence-corrected chi connectivity index (χ4v) is 4.48. The maximum atomic E-state index is 11.9. The lowest BCUT2D eigenvalue weighted by Crippen LogP contribution is -2.55. The van der Waals surface area contributed by atoms with Gasteiger partial charge in [0.05, 0.1) is 17.9 Å². The topological polar surface area (TPSA) is 70.0 Å². The van der Waals surface area contributed by atoms with Gasteiger partial charge in [-0.25, -0.2) is 0 Å². The van der Waals surface area contributed by atoms with Gasteiger partial charge in [-0.05, 0) is 30.8 Å². The first-order valence-electron chi connectivity index (χ1n) is 6.16. The van der Waals surface area contributed by atoms with Crippen molar-refractivity contribution < 1.29 is 9.59 Å². The first kappa shape index (κ1) is 13.8. The number of hydrogen-bond acceptors (Lipinski definition) is 5. The summed E-state index contributed by atoms with van der Waals surface area (Å²) in [4.78, 5) is 23.5. The highest BCUT2D eigenvalue weighted by Crippen LogP contribution is 2.56. The molecule has 18 heavy (non-hydrogen) atoms. The molecule has 1 aliphatic heterocycles. The van der Waals surface area contributed by atoms with Gasteiger partial charge in [0.15, 0.2) is 0 Å². The molecule has 0 radical (unpaired) electrons. The average molecular weight is 284 g/mol. The van der Waals surface area contributed by atoms with Gasteiger partial charge in [0, 0.05) is 0 Å². The lowest BCUT2D eigenvalue weighted by molar-refractivity contribution is -0.125. The van der Waals surface area contributed by atoms with Crippen LogP contribution in [0.2, 0.25) is 0 Å². The molecular formula is C12H16N2O2S2. The molecular weight excluding hydrogens is 268 g/mol. The third-order valence-electron chi connectivity index (χ3n) is 3.71. The van der Waals surface area contributed by atoms with Gasteiger partial charge >= 0.3 is 0 Å². The van der Waals surface area contributed by atoms with Crippen LogP contribution in [0.25, 0.3) is 0 Å². The third kappa shape index (κ3) is 2.04. The van der Waals surface area contributed by atoms with Crippen LogP contribution in [0.4, 0.5) is 0 Å². The number of thioether (sulfide) groups is 1. The van der Waals surface area contributed by atoms with E-state index >= 15 is 0 Å². The van der Waals surface area contributed by atoms with Crippen LogP contribution < -0.4 is 5.32 Å². The summed E-state index contributed by atoms with van der Waals surface area (Å²) in [6, 6.07) is 2.17. The minimum absolute atomic E-state index is 0.200. The Morgan fingerprint density at radius 3 is 2.83 bits per heavy atom. The lowest BCUT2D eigenvalue weighted by Gasteiger charge is -2.44. The first-order chi connectivity index (χ1) is 8.66. The van der Waals surface area contributed by atoms with Crippen molar-refractivity contribution in [2.75, 3.05) is 11.5 Å². The SMILES string of the molecule is N#C[C@H]1CC2C(=O)NC(=O)[C@]21SCCCCCS. The Kier molecular flexibility index (Phi) is 4.23. The molecule has 0 bridgehead atoms. The molecule has 0 aromatic carbocycles. The maximum absolute atomic E-state index is 11.9. The van der Waals surface area contributed by atoms with Crippen LogP contribution in [0.1, 0.15) is 25.7 Å². The maximum Gasteiger partial charge on any atom is 0.244 e. The van der Waals surface area contributed by atoms with Crippen molar-refractivity contribution in [3.05, 3.63) is 0 Å². The van der Waals surface area contributed by atoms with Crippen LogP contribution in [-0.4, -0.2) is 28.1 Å². The van der Waals surface area contributed by atoms with Crippen LogP contribution in [0, 0.1) is 23.2 Å². The normalized spacial score (nSPS) is 33.6. The van der Waals surface area contributed by atoms with Gasteiger partial charge in [0.1, 0.15) is 4.75 Å². The molecule has 1 saturated heterocycles. The molecule has 4 nitrogen and oxygen atoms in total. The number of amides is 2. The minimum Gasteiger partial charge on any atom is -0.295 e. The molecule has 98 valence electrons. The number of carbonyl (C=O) groups is 2. The lowest BCUT2D eigenvalue weighted by atomic mass is 9.66. The largest absolute Gasteiger partial charge is 0.295 e. The van der Waals surface area contributed by atoms with Crippen LogP contribution in [-0.2, 0) is 9.59 Å². The number of fused-ring (bicyclic) bond motifs is 1. The molecule has 2 aliphatic rings. The van der Waals surface area contributed by atoms with Gasteiger partial charge in [-0.15, -0.1) is 11.8 Å². The number of rotatable bonds is 6. The van der Waals surface area contributed by atoms with E-state index in [0.29, 0.717) is 6.42 Å². The number of nitrogens with zero attached hydrogens (tertiary/aromatic N) is 1.